The maximum atomic E-state index is 10.4. The predicted molar refractivity (Wildman–Crippen MR) is 157 cm³/mol. The molecular weight excluding hydrogens is 1350 g/mol. The van der Waals surface area contributed by atoms with Gasteiger partial charge in [0.15, 0.2) is 1.61 Å². The van der Waals surface area contributed by atoms with Crippen molar-refractivity contribution < 1.29 is 5.11 Å². The van der Waals surface area contributed by atoms with Gasteiger partial charge in [-0.3, -0.25) is 0 Å². The Labute approximate surface area is 232 Å². The smallest absolute Gasteiger partial charge is 0.192 e. The highest BCUT2D eigenvalue weighted by Crippen LogP contribution is 2.69. The Balaban J connectivity index is 5.53. The third kappa shape index (κ3) is 5.38. The molecule has 1 nitrogen and oxygen atoms in total. The van der Waals surface area contributed by atoms with Gasteiger partial charge in [0.1, 0.15) is 4.29 Å². The standard InChI is InChI=1S/C5H2I10O/c6-1(7)2(8,9)3(10,11)4(12,13)5(14,15)16/h1,16H. The molecule has 0 aliphatic heterocycles. The molecule has 0 amide bonds. The average Bonchev–Trinajstić information content (AvgIpc) is 2.00. The van der Waals surface area contributed by atoms with E-state index in [9.17, 15) is 5.11 Å². The van der Waals surface area contributed by atoms with Gasteiger partial charge >= 0.3 is 0 Å². The minimum absolute atomic E-state index is 0.0392. The summed E-state index contributed by atoms with van der Waals surface area (Å²) in [5.74, 6) is 0. The molecule has 0 aliphatic rings. The molecule has 0 atom stereocenters. The molecule has 0 saturated carbocycles. The Morgan fingerprint density at radius 3 is 1.19 bits per heavy atom. The summed E-state index contributed by atoms with van der Waals surface area (Å²) in [6, 6.07) is 0. The molecule has 0 aliphatic carbocycles. The van der Waals surface area contributed by atoms with Crippen molar-refractivity contribution in [1.82, 2.24) is 0 Å². The lowest BCUT2D eigenvalue weighted by atomic mass is 10.2. The first kappa shape index (κ1) is 23.3. The molecule has 0 aromatic rings. The number of alkyl halides is 10. The monoisotopic (exact) mass is 1350 g/mol. The highest BCUT2D eigenvalue weighted by molar-refractivity contribution is 14.2. The molecule has 0 aromatic heterocycles. The summed E-state index contributed by atoms with van der Waals surface area (Å²) < 4.78 is -0.666. The molecule has 11 heteroatoms. The highest BCUT2D eigenvalue weighted by Gasteiger charge is 2.65. The Bertz CT molecular complexity index is 252. The summed E-state index contributed by atoms with van der Waals surface area (Å²) in [5, 5.41) is 10.4. The van der Waals surface area contributed by atoms with Crippen molar-refractivity contribution in [2.24, 2.45) is 0 Å². The third-order valence-electron chi connectivity index (χ3n) is 1.46. The summed E-state index contributed by atoms with van der Waals surface area (Å²) >= 11 is 23.8. The second kappa shape index (κ2) is 8.57. The predicted octanol–water partition coefficient (Wildman–Crippen LogP) is 7.40. The molecule has 0 fully saturated rings. The van der Waals surface area contributed by atoms with E-state index in [-0.39, 0.29) is 4.29 Å². The second-order valence-corrected chi connectivity index (χ2v) is 28.7. The lowest BCUT2D eigenvalue weighted by Gasteiger charge is -2.48. The number of hydrogen-bond donors (Lipinski definition) is 1. The third-order valence-corrected chi connectivity index (χ3v) is 31.5. The van der Waals surface area contributed by atoms with Crippen LogP contribution in [-0.4, -0.2) is 12.9 Å². The number of aliphatic hydroxyl groups is 1. The van der Waals surface area contributed by atoms with Crippen molar-refractivity contribution in [2.75, 3.05) is 0 Å². The summed E-state index contributed by atoms with van der Waals surface area (Å²) in [7, 11) is 0. The fourth-order valence-corrected chi connectivity index (χ4v) is 11.9. The van der Waals surface area contributed by atoms with Crippen LogP contribution >= 0.6 is 226 Å². The van der Waals surface area contributed by atoms with E-state index in [1.165, 1.54) is 0 Å². The van der Waals surface area contributed by atoms with Crippen molar-refractivity contribution in [3.63, 3.8) is 0 Å². The minimum atomic E-state index is -0.796. The second-order valence-electron chi connectivity index (χ2n) is 2.61. The summed E-state index contributed by atoms with van der Waals surface area (Å²) in [6.07, 6.45) is 0. The van der Waals surface area contributed by atoms with Crippen molar-refractivity contribution in [1.29, 1.82) is 0 Å². The van der Waals surface area contributed by atoms with Gasteiger partial charge in [0.2, 0.25) is 0 Å². The van der Waals surface area contributed by atoms with Gasteiger partial charge in [-0.2, -0.15) is 0 Å². The first-order valence-electron chi connectivity index (χ1n) is 3.21. The fraction of sp³-hybridized carbons (Fsp3) is 1.00. The topological polar surface area (TPSA) is 20.2 Å². The van der Waals surface area contributed by atoms with Crippen LogP contribution in [0.2, 0.25) is 0 Å². The van der Waals surface area contributed by atoms with Crippen LogP contribution in [-0.2, 0) is 0 Å². The molecule has 1 N–H and O–H groups in total. The molecule has 16 heavy (non-hydrogen) atoms. The first-order chi connectivity index (χ1) is 6.69. The van der Waals surface area contributed by atoms with Crippen LogP contribution in [0.25, 0.3) is 0 Å². The Morgan fingerprint density at radius 2 is 1.00 bits per heavy atom. The Kier molecular flexibility index (Phi) is 12.5. The Morgan fingerprint density at radius 1 is 0.688 bits per heavy atom. The molecule has 98 valence electrons. The van der Waals surface area contributed by atoms with Crippen molar-refractivity contribution >= 4 is 226 Å². The fourth-order valence-electron chi connectivity index (χ4n) is 0.535. The van der Waals surface area contributed by atoms with E-state index in [1.54, 1.807) is 0 Å². The van der Waals surface area contributed by atoms with E-state index in [0.29, 0.717) is 1.93 Å². The molecule has 0 unspecified atom stereocenters. The molecule has 0 bridgehead atoms. The maximum Gasteiger partial charge on any atom is 0.192 e. The highest BCUT2D eigenvalue weighted by atomic mass is 127. The molecule has 0 radical (unpaired) electrons. The van der Waals surface area contributed by atoms with E-state index < -0.39 is 1.61 Å². The van der Waals surface area contributed by atoms with Gasteiger partial charge in [0.05, 0.1) is 1.93 Å². The van der Waals surface area contributed by atoms with Crippen molar-refractivity contribution in [3.8, 4) is 0 Å². The molecule has 0 saturated heterocycles. The summed E-state index contributed by atoms with van der Waals surface area (Å²) in [4.78, 5) is 0. The van der Waals surface area contributed by atoms with Crippen LogP contribution in [0.5, 0.6) is 0 Å². The van der Waals surface area contributed by atoms with E-state index in [2.05, 4.69) is 226 Å². The number of halogens is 10. The van der Waals surface area contributed by atoms with E-state index in [1.807, 2.05) is 0 Å². The van der Waals surface area contributed by atoms with Crippen molar-refractivity contribution in [3.05, 3.63) is 0 Å². The quantitative estimate of drug-likeness (QED) is 0.230. The zero-order valence-corrected chi connectivity index (χ0v) is 28.4. The van der Waals surface area contributed by atoms with Gasteiger partial charge in [-0.15, -0.1) is 0 Å². The zero-order chi connectivity index (χ0) is 13.6. The largest absolute Gasteiger partial charge is 0.369 e. The van der Waals surface area contributed by atoms with Gasteiger partial charge in [-0.1, -0.05) is 181 Å². The Hall–Kier alpha value is 7.26. The van der Waals surface area contributed by atoms with Crippen LogP contribution in [0.3, 0.4) is 0 Å². The zero-order valence-electron chi connectivity index (χ0n) is 6.80. The van der Waals surface area contributed by atoms with Gasteiger partial charge in [-0.25, -0.2) is 0 Å². The molecule has 0 heterocycles. The molecule has 0 spiro atoms. The summed E-state index contributed by atoms with van der Waals surface area (Å²) in [6.45, 7) is 0. The summed E-state index contributed by atoms with van der Waals surface area (Å²) in [5.41, 5.74) is 0. The van der Waals surface area contributed by atoms with Gasteiger partial charge in [0, 0.05) is 0 Å². The molecule has 0 rings (SSSR count). The van der Waals surface area contributed by atoms with E-state index >= 15 is 0 Å². The van der Waals surface area contributed by atoms with Crippen LogP contribution < -0.4 is 0 Å². The lowest BCUT2D eigenvalue weighted by Crippen LogP contribution is -2.57. The number of rotatable bonds is 4. The molecule has 0 aromatic carbocycles. The lowest BCUT2D eigenvalue weighted by molar-refractivity contribution is 0.258. The first-order valence-corrected chi connectivity index (χ1v) is 14.3. The van der Waals surface area contributed by atoms with Crippen LogP contribution in [0.4, 0.5) is 0 Å². The van der Waals surface area contributed by atoms with Gasteiger partial charge < -0.3 is 5.11 Å². The number of hydrogen-bond acceptors (Lipinski definition) is 1. The van der Waals surface area contributed by atoms with E-state index in [4.69, 9.17) is 0 Å². The normalized spacial score (nSPS) is 15.8. The van der Waals surface area contributed by atoms with Gasteiger partial charge in [0.25, 0.3) is 0 Å². The van der Waals surface area contributed by atoms with E-state index in [0.717, 1.165) is 0 Å². The van der Waals surface area contributed by atoms with Crippen molar-refractivity contribution in [2.45, 2.75) is 7.83 Å². The van der Waals surface area contributed by atoms with Gasteiger partial charge in [-0.05, 0) is 45.2 Å². The minimum Gasteiger partial charge on any atom is -0.369 e. The van der Waals surface area contributed by atoms with Crippen LogP contribution in [0.15, 0.2) is 0 Å². The van der Waals surface area contributed by atoms with Crippen LogP contribution in [0, 0.1) is 0 Å². The van der Waals surface area contributed by atoms with Crippen LogP contribution in [0.1, 0.15) is 0 Å². The average molecular weight is 1350 g/mol. The molecular formula is C5H2I10O. The SMILES string of the molecule is OC(I)(I)C(I)(I)C(I)(I)C(I)(I)C(I)I. The maximum absolute atomic E-state index is 10.4.